The molecule has 1 aliphatic rings. The normalized spacial score (nSPS) is 16.7. The summed E-state index contributed by atoms with van der Waals surface area (Å²) in [6.45, 7) is 2.14. The Bertz CT molecular complexity index is 723. The first kappa shape index (κ1) is 19.1. The van der Waals surface area contributed by atoms with Crippen molar-refractivity contribution in [3.63, 3.8) is 0 Å². The number of ether oxygens (including phenoxy) is 2. The zero-order valence-electron chi connectivity index (χ0n) is 14.4. The molecule has 0 spiro atoms. The lowest BCUT2D eigenvalue weighted by Crippen LogP contribution is -2.48. The lowest BCUT2D eigenvalue weighted by atomic mass is 10.0. The van der Waals surface area contributed by atoms with Gasteiger partial charge < -0.3 is 19.7 Å². The standard InChI is InChI=1S/C19H22N2O3.ClH/c1-23-15-7-5-6-14(12-15)19(22)21-11-10-20-13-17(21)16-8-3-4-9-18(16)24-2;/h3-9,12,17,20H,10-11,13H2,1-2H3;1H. The second kappa shape index (κ2) is 8.74. The Morgan fingerprint density at radius 3 is 2.68 bits per heavy atom. The van der Waals surface area contributed by atoms with E-state index in [0.29, 0.717) is 24.4 Å². The van der Waals surface area contributed by atoms with Gasteiger partial charge in [-0.05, 0) is 24.3 Å². The van der Waals surface area contributed by atoms with E-state index in [1.54, 1.807) is 20.3 Å². The Labute approximate surface area is 154 Å². The molecular weight excluding hydrogens is 340 g/mol. The van der Waals surface area contributed by atoms with Crippen LogP contribution in [0, 0.1) is 0 Å². The lowest BCUT2D eigenvalue weighted by Gasteiger charge is -2.37. The summed E-state index contributed by atoms with van der Waals surface area (Å²) in [4.78, 5) is 15.0. The van der Waals surface area contributed by atoms with E-state index in [-0.39, 0.29) is 24.4 Å². The molecule has 1 unspecified atom stereocenters. The fraction of sp³-hybridized carbons (Fsp3) is 0.316. The van der Waals surface area contributed by atoms with Crippen LogP contribution in [0.1, 0.15) is 22.0 Å². The Morgan fingerprint density at radius 2 is 1.92 bits per heavy atom. The minimum atomic E-state index is -0.0615. The number of nitrogens with zero attached hydrogens (tertiary/aromatic N) is 1. The van der Waals surface area contributed by atoms with Crippen LogP contribution in [0.5, 0.6) is 11.5 Å². The third-order valence-electron chi connectivity index (χ3n) is 4.32. The van der Waals surface area contributed by atoms with Crippen LogP contribution >= 0.6 is 12.4 Å². The molecule has 3 rings (SSSR count). The first-order valence-electron chi connectivity index (χ1n) is 8.03. The molecule has 0 bridgehead atoms. The first-order chi connectivity index (χ1) is 11.7. The van der Waals surface area contributed by atoms with Crippen molar-refractivity contribution in [2.45, 2.75) is 6.04 Å². The SMILES string of the molecule is COc1cccc(C(=O)N2CCNCC2c2ccccc2OC)c1.Cl. The second-order valence-corrected chi connectivity index (χ2v) is 5.69. The summed E-state index contributed by atoms with van der Waals surface area (Å²) < 4.78 is 10.7. The van der Waals surface area contributed by atoms with E-state index < -0.39 is 0 Å². The molecule has 5 nitrogen and oxygen atoms in total. The van der Waals surface area contributed by atoms with Crippen LogP contribution in [0.4, 0.5) is 0 Å². The van der Waals surface area contributed by atoms with Gasteiger partial charge in [-0.3, -0.25) is 4.79 Å². The predicted molar refractivity (Wildman–Crippen MR) is 99.9 cm³/mol. The highest BCUT2D eigenvalue weighted by atomic mass is 35.5. The Morgan fingerprint density at radius 1 is 1.12 bits per heavy atom. The zero-order valence-corrected chi connectivity index (χ0v) is 15.2. The number of halogens is 1. The van der Waals surface area contributed by atoms with Crippen LogP contribution < -0.4 is 14.8 Å². The number of hydrogen-bond donors (Lipinski definition) is 1. The second-order valence-electron chi connectivity index (χ2n) is 5.69. The highest BCUT2D eigenvalue weighted by molar-refractivity contribution is 5.95. The highest BCUT2D eigenvalue weighted by Crippen LogP contribution is 2.31. The number of benzene rings is 2. The molecule has 1 saturated heterocycles. The van der Waals surface area contributed by atoms with E-state index in [1.807, 2.05) is 47.4 Å². The van der Waals surface area contributed by atoms with Gasteiger partial charge in [0.1, 0.15) is 11.5 Å². The molecule has 1 N–H and O–H groups in total. The minimum Gasteiger partial charge on any atom is -0.497 e. The molecule has 0 aliphatic carbocycles. The number of carbonyl (C=O) groups is 1. The molecule has 0 radical (unpaired) electrons. The van der Waals surface area contributed by atoms with E-state index in [1.165, 1.54) is 0 Å². The van der Waals surface area contributed by atoms with Gasteiger partial charge in [0, 0.05) is 30.8 Å². The first-order valence-corrected chi connectivity index (χ1v) is 8.03. The lowest BCUT2D eigenvalue weighted by molar-refractivity contribution is 0.0631. The number of nitrogens with one attached hydrogen (secondary N) is 1. The molecular formula is C19H23ClN2O3. The predicted octanol–water partition coefficient (Wildman–Crippen LogP) is 2.91. The monoisotopic (exact) mass is 362 g/mol. The van der Waals surface area contributed by atoms with Crippen molar-refractivity contribution in [1.82, 2.24) is 10.2 Å². The summed E-state index contributed by atoms with van der Waals surface area (Å²) in [5.41, 5.74) is 1.65. The van der Waals surface area contributed by atoms with E-state index in [0.717, 1.165) is 17.9 Å². The average Bonchev–Trinajstić information content (AvgIpc) is 2.67. The molecule has 1 atom stereocenters. The van der Waals surface area contributed by atoms with Crippen LogP contribution in [0.2, 0.25) is 0 Å². The molecule has 1 heterocycles. The van der Waals surface area contributed by atoms with Gasteiger partial charge in [-0.25, -0.2) is 0 Å². The van der Waals surface area contributed by atoms with Gasteiger partial charge in [0.15, 0.2) is 0 Å². The van der Waals surface area contributed by atoms with Gasteiger partial charge in [0.05, 0.1) is 20.3 Å². The molecule has 134 valence electrons. The van der Waals surface area contributed by atoms with Crippen LogP contribution in [0.15, 0.2) is 48.5 Å². The number of hydrogen-bond acceptors (Lipinski definition) is 4. The van der Waals surface area contributed by atoms with Gasteiger partial charge in [-0.1, -0.05) is 24.3 Å². The number of methoxy groups -OCH3 is 2. The summed E-state index contributed by atoms with van der Waals surface area (Å²) in [7, 11) is 3.26. The van der Waals surface area contributed by atoms with Crippen molar-refractivity contribution in [3.05, 3.63) is 59.7 Å². The molecule has 0 saturated carbocycles. The van der Waals surface area contributed by atoms with Gasteiger partial charge >= 0.3 is 0 Å². The van der Waals surface area contributed by atoms with Gasteiger partial charge in [0.2, 0.25) is 0 Å². The maximum Gasteiger partial charge on any atom is 0.254 e. The van der Waals surface area contributed by atoms with E-state index in [2.05, 4.69) is 5.32 Å². The smallest absolute Gasteiger partial charge is 0.254 e. The molecule has 1 aliphatic heterocycles. The van der Waals surface area contributed by atoms with Crippen molar-refractivity contribution in [2.75, 3.05) is 33.9 Å². The average molecular weight is 363 g/mol. The Balaban J connectivity index is 0.00000225. The molecule has 1 amide bonds. The van der Waals surface area contributed by atoms with Crippen molar-refractivity contribution in [2.24, 2.45) is 0 Å². The van der Waals surface area contributed by atoms with Crippen molar-refractivity contribution in [1.29, 1.82) is 0 Å². The van der Waals surface area contributed by atoms with Gasteiger partial charge in [0.25, 0.3) is 5.91 Å². The van der Waals surface area contributed by atoms with E-state index in [4.69, 9.17) is 9.47 Å². The fourth-order valence-electron chi connectivity index (χ4n) is 3.09. The van der Waals surface area contributed by atoms with Crippen LogP contribution in [-0.2, 0) is 0 Å². The highest BCUT2D eigenvalue weighted by Gasteiger charge is 2.30. The van der Waals surface area contributed by atoms with Gasteiger partial charge in [-0.15, -0.1) is 12.4 Å². The number of piperazine rings is 1. The Kier molecular flexibility index (Phi) is 6.67. The maximum atomic E-state index is 13.1. The van der Waals surface area contributed by atoms with Crippen molar-refractivity contribution < 1.29 is 14.3 Å². The zero-order chi connectivity index (χ0) is 16.9. The number of carbonyl (C=O) groups excluding carboxylic acids is 1. The summed E-state index contributed by atoms with van der Waals surface area (Å²) >= 11 is 0. The number of para-hydroxylation sites is 1. The summed E-state index contributed by atoms with van der Waals surface area (Å²) in [6.07, 6.45) is 0. The molecule has 25 heavy (non-hydrogen) atoms. The largest absolute Gasteiger partial charge is 0.497 e. The van der Waals surface area contributed by atoms with E-state index >= 15 is 0 Å². The minimum absolute atomic E-state index is 0. The third-order valence-corrected chi connectivity index (χ3v) is 4.32. The molecule has 6 heteroatoms. The molecule has 0 aromatic heterocycles. The fourth-order valence-corrected chi connectivity index (χ4v) is 3.09. The number of amides is 1. The molecule has 1 fully saturated rings. The maximum absolute atomic E-state index is 13.1. The summed E-state index contributed by atoms with van der Waals surface area (Å²) in [5.74, 6) is 1.49. The third kappa shape index (κ3) is 4.06. The Hall–Kier alpha value is -2.24. The quantitative estimate of drug-likeness (QED) is 0.908. The number of rotatable bonds is 4. The van der Waals surface area contributed by atoms with E-state index in [9.17, 15) is 4.79 Å². The van der Waals surface area contributed by atoms with Crippen molar-refractivity contribution >= 4 is 18.3 Å². The molecule has 2 aromatic rings. The topological polar surface area (TPSA) is 50.8 Å². The van der Waals surface area contributed by atoms with Crippen LogP contribution in [0.3, 0.4) is 0 Å². The van der Waals surface area contributed by atoms with Crippen molar-refractivity contribution in [3.8, 4) is 11.5 Å². The molecule has 2 aromatic carbocycles. The van der Waals surface area contributed by atoms with Crippen LogP contribution in [0.25, 0.3) is 0 Å². The van der Waals surface area contributed by atoms with Gasteiger partial charge in [-0.2, -0.15) is 0 Å². The summed E-state index contributed by atoms with van der Waals surface area (Å²) in [6, 6.07) is 15.1. The summed E-state index contributed by atoms with van der Waals surface area (Å²) in [5, 5.41) is 3.37. The van der Waals surface area contributed by atoms with Crippen LogP contribution in [-0.4, -0.2) is 44.7 Å².